The van der Waals surface area contributed by atoms with Gasteiger partial charge in [-0.25, -0.2) is 0 Å². The van der Waals surface area contributed by atoms with Crippen LogP contribution in [0.1, 0.15) is 25.7 Å². The summed E-state index contributed by atoms with van der Waals surface area (Å²) < 4.78 is 5.82. The quantitative estimate of drug-likeness (QED) is 0.828. The van der Waals surface area contributed by atoms with Crippen LogP contribution in [0, 0.1) is 0 Å². The van der Waals surface area contributed by atoms with Gasteiger partial charge in [-0.05, 0) is 37.8 Å². The van der Waals surface area contributed by atoms with Crippen LogP contribution in [0.15, 0.2) is 22.6 Å². The molecule has 1 saturated heterocycles. The Labute approximate surface area is 112 Å². The zero-order valence-electron chi connectivity index (χ0n) is 10.9. The number of aliphatic hydroxyl groups is 1. The van der Waals surface area contributed by atoms with Gasteiger partial charge >= 0.3 is 0 Å². The predicted molar refractivity (Wildman–Crippen MR) is 75.1 cm³/mol. The number of oxazole rings is 1. The fourth-order valence-electron chi connectivity index (χ4n) is 2.78. The highest BCUT2D eigenvalue weighted by molar-refractivity contribution is 5.86. The third-order valence-electron chi connectivity index (χ3n) is 3.77. The molecule has 1 atom stereocenters. The van der Waals surface area contributed by atoms with E-state index in [4.69, 9.17) is 15.3 Å². The lowest BCUT2D eigenvalue weighted by atomic mass is 10.0. The fraction of sp³-hybridized carbons (Fsp3) is 0.500. The van der Waals surface area contributed by atoms with Crippen molar-refractivity contribution < 1.29 is 9.52 Å². The van der Waals surface area contributed by atoms with Crippen molar-refractivity contribution in [2.24, 2.45) is 0 Å². The van der Waals surface area contributed by atoms with Gasteiger partial charge in [0.1, 0.15) is 5.52 Å². The molecule has 1 aliphatic rings. The molecule has 0 bridgehead atoms. The molecular weight excluding hydrogens is 242 g/mol. The van der Waals surface area contributed by atoms with Crippen molar-refractivity contribution in [1.82, 2.24) is 4.98 Å². The zero-order valence-corrected chi connectivity index (χ0v) is 10.9. The SMILES string of the molecule is Nc1cccc2oc(N3CCCCC3CCO)nc12. The Morgan fingerprint density at radius 1 is 1.42 bits per heavy atom. The van der Waals surface area contributed by atoms with Gasteiger partial charge in [0.05, 0.1) is 5.69 Å². The second-order valence-corrected chi connectivity index (χ2v) is 5.05. The molecule has 0 saturated carbocycles. The standard InChI is InChI=1S/C14H19N3O2/c15-11-5-3-6-12-13(11)16-14(19-12)17-8-2-1-4-10(17)7-9-18/h3,5-6,10,18H,1-2,4,7-9,15H2. The van der Waals surface area contributed by atoms with Crippen molar-refractivity contribution in [3.8, 4) is 0 Å². The second kappa shape index (κ2) is 5.09. The second-order valence-electron chi connectivity index (χ2n) is 5.05. The van der Waals surface area contributed by atoms with Gasteiger partial charge in [-0.15, -0.1) is 0 Å². The molecule has 1 unspecified atom stereocenters. The van der Waals surface area contributed by atoms with Crippen LogP contribution in [-0.4, -0.2) is 29.3 Å². The number of rotatable bonds is 3. The molecule has 5 nitrogen and oxygen atoms in total. The van der Waals surface area contributed by atoms with E-state index in [0.717, 1.165) is 36.9 Å². The minimum atomic E-state index is 0.198. The average Bonchev–Trinajstić information content (AvgIpc) is 2.85. The van der Waals surface area contributed by atoms with Gasteiger partial charge in [0.15, 0.2) is 5.58 Å². The summed E-state index contributed by atoms with van der Waals surface area (Å²) in [7, 11) is 0. The molecule has 19 heavy (non-hydrogen) atoms. The summed E-state index contributed by atoms with van der Waals surface area (Å²) in [6, 6.07) is 6.52. The summed E-state index contributed by atoms with van der Waals surface area (Å²) in [6.45, 7) is 1.13. The number of piperidine rings is 1. The number of hydrogen-bond donors (Lipinski definition) is 2. The van der Waals surface area contributed by atoms with Gasteiger partial charge in [-0.3, -0.25) is 0 Å². The maximum absolute atomic E-state index is 9.17. The van der Waals surface area contributed by atoms with Crippen molar-refractivity contribution in [2.45, 2.75) is 31.7 Å². The molecular formula is C14H19N3O2. The van der Waals surface area contributed by atoms with Crippen LogP contribution >= 0.6 is 0 Å². The fourth-order valence-corrected chi connectivity index (χ4v) is 2.78. The van der Waals surface area contributed by atoms with Crippen LogP contribution in [0.3, 0.4) is 0 Å². The molecule has 0 amide bonds. The highest BCUT2D eigenvalue weighted by Crippen LogP contribution is 2.30. The lowest BCUT2D eigenvalue weighted by molar-refractivity contribution is 0.259. The van der Waals surface area contributed by atoms with Gasteiger partial charge < -0.3 is 20.2 Å². The molecule has 0 aliphatic carbocycles. The molecule has 102 valence electrons. The van der Waals surface area contributed by atoms with E-state index in [1.54, 1.807) is 0 Å². The first-order valence-electron chi connectivity index (χ1n) is 6.82. The number of benzene rings is 1. The summed E-state index contributed by atoms with van der Waals surface area (Å²) in [4.78, 5) is 6.69. The van der Waals surface area contributed by atoms with E-state index in [-0.39, 0.29) is 6.61 Å². The van der Waals surface area contributed by atoms with Crippen molar-refractivity contribution in [2.75, 3.05) is 23.8 Å². The highest BCUT2D eigenvalue weighted by atomic mass is 16.4. The Morgan fingerprint density at radius 3 is 3.11 bits per heavy atom. The van der Waals surface area contributed by atoms with E-state index < -0.39 is 0 Å². The molecule has 1 fully saturated rings. The molecule has 1 aromatic heterocycles. The first-order valence-corrected chi connectivity index (χ1v) is 6.82. The number of hydrogen-bond acceptors (Lipinski definition) is 5. The summed E-state index contributed by atoms with van der Waals surface area (Å²) in [6.07, 6.45) is 4.17. The maximum Gasteiger partial charge on any atom is 0.298 e. The number of para-hydroxylation sites is 1. The third kappa shape index (κ3) is 2.26. The van der Waals surface area contributed by atoms with Crippen LogP contribution in [-0.2, 0) is 0 Å². The van der Waals surface area contributed by atoms with Crippen molar-refractivity contribution in [1.29, 1.82) is 0 Å². The van der Waals surface area contributed by atoms with E-state index in [1.165, 1.54) is 6.42 Å². The molecule has 0 radical (unpaired) electrons. The number of aliphatic hydroxyl groups excluding tert-OH is 1. The molecule has 1 aliphatic heterocycles. The largest absolute Gasteiger partial charge is 0.423 e. The summed E-state index contributed by atoms with van der Waals surface area (Å²) in [5.41, 5.74) is 8.01. The van der Waals surface area contributed by atoms with Gasteiger partial charge in [0.2, 0.25) is 0 Å². The van der Waals surface area contributed by atoms with E-state index >= 15 is 0 Å². The summed E-state index contributed by atoms with van der Waals surface area (Å²) in [5.74, 6) is 0. The number of nitrogen functional groups attached to an aromatic ring is 1. The Balaban J connectivity index is 1.95. The van der Waals surface area contributed by atoms with E-state index in [2.05, 4.69) is 9.88 Å². The van der Waals surface area contributed by atoms with E-state index in [1.807, 2.05) is 18.2 Å². The lowest BCUT2D eigenvalue weighted by Gasteiger charge is -2.34. The minimum absolute atomic E-state index is 0.198. The lowest BCUT2D eigenvalue weighted by Crippen LogP contribution is -2.40. The van der Waals surface area contributed by atoms with Gasteiger partial charge in [0, 0.05) is 19.2 Å². The monoisotopic (exact) mass is 261 g/mol. The number of aromatic nitrogens is 1. The van der Waals surface area contributed by atoms with E-state index in [9.17, 15) is 0 Å². The van der Waals surface area contributed by atoms with Crippen LogP contribution in [0.5, 0.6) is 0 Å². The number of nitrogens with two attached hydrogens (primary N) is 1. The molecule has 3 N–H and O–H groups in total. The zero-order chi connectivity index (χ0) is 13.2. The van der Waals surface area contributed by atoms with E-state index in [0.29, 0.717) is 17.7 Å². The van der Waals surface area contributed by atoms with Gasteiger partial charge in [0.25, 0.3) is 6.01 Å². The minimum Gasteiger partial charge on any atom is -0.423 e. The Morgan fingerprint density at radius 2 is 2.32 bits per heavy atom. The van der Waals surface area contributed by atoms with Crippen molar-refractivity contribution in [3.63, 3.8) is 0 Å². The summed E-state index contributed by atoms with van der Waals surface area (Å²) in [5, 5.41) is 9.17. The average molecular weight is 261 g/mol. The van der Waals surface area contributed by atoms with Crippen LogP contribution < -0.4 is 10.6 Å². The predicted octanol–water partition coefficient (Wildman–Crippen LogP) is 2.15. The van der Waals surface area contributed by atoms with Crippen LogP contribution in [0.25, 0.3) is 11.1 Å². The molecule has 1 aromatic carbocycles. The molecule has 2 heterocycles. The molecule has 2 aromatic rings. The molecule has 3 rings (SSSR count). The normalized spacial score (nSPS) is 20.1. The van der Waals surface area contributed by atoms with Crippen LogP contribution in [0.4, 0.5) is 11.7 Å². The molecule has 5 heteroatoms. The van der Waals surface area contributed by atoms with Gasteiger partial charge in [-0.1, -0.05) is 6.07 Å². The number of fused-ring (bicyclic) bond motifs is 1. The maximum atomic E-state index is 9.17. The first kappa shape index (κ1) is 12.3. The number of nitrogens with zero attached hydrogens (tertiary/aromatic N) is 2. The van der Waals surface area contributed by atoms with Crippen molar-refractivity contribution in [3.05, 3.63) is 18.2 Å². The first-order chi connectivity index (χ1) is 9.29. The molecule has 0 spiro atoms. The van der Waals surface area contributed by atoms with Crippen LogP contribution in [0.2, 0.25) is 0 Å². The topological polar surface area (TPSA) is 75.5 Å². The highest BCUT2D eigenvalue weighted by Gasteiger charge is 2.26. The third-order valence-corrected chi connectivity index (χ3v) is 3.77. The summed E-state index contributed by atoms with van der Waals surface area (Å²) >= 11 is 0. The smallest absolute Gasteiger partial charge is 0.298 e. The van der Waals surface area contributed by atoms with Crippen molar-refractivity contribution >= 4 is 22.8 Å². The Hall–Kier alpha value is -1.75. The van der Waals surface area contributed by atoms with Gasteiger partial charge in [-0.2, -0.15) is 4.98 Å². The number of anilines is 2. The Bertz CT molecular complexity index is 565. The Kier molecular flexibility index (Phi) is 3.29.